The second-order valence-electron chi connectivity index (χ2n) is 5.80. The fraction of sp³-hybridized carbons (Fsp3) is 0.312. The number of aliphatic carboxylic acids is 1. The van der Waals surface area contributed by atoms with Crippen LogP contribution in [0.5, 0.6) is 0 Å². The molecule has 2 aliphatic heterocycles. The van der Waals surface area contributed by atoms with Crippen LogP contribution in [-0.4, -0.2) is 62.8 Å². The summed E-state index contributed by atoms with van der Waals surface area (Å²) in [5.41, 5.74) is 6.26. The van der Waals surface area contributed by atoms with E-state index in [4.69, 9.17) is 10.6 Å². The molecular formula is C16H17N5O5S2. The van der Waals surface area contributed by atoms with Crippen LogP contribution in [0, 0.1) is 0 Å². The first-order chi connectivity index (χ1) is 13.4. The predicted octanol–water partition coefficient (Wildman–Crippen LogP) is 0.391. The highest BCUT2D eigenvalue weighted by Crippen LogP contribution is 2.41. The number of rotatable bonds is 7. The van der Waals surface area contributed by atoms with Crippen LogP contribution in [0.15, 0.2) is 34.5 Å². The summed E-state index contributed by atoms with van der Waals surface area (Å²) in [5, 5.41) is 17.1. The van der Waals surface area contributed by atoms with Crippen molar-refractivity contribution in [2.75, 3.05) is 18.6 Å². The number of carboxylic acid groups (broad SMARTS) is 1. The van der Waals surface area contributed by atoms with Gasteiger partial charge in [-0.1, -0.05) is 11.2 Å². The van der Waals surface area contributed by atoms with E-state index in [-0.39, 0.29) is 22.2 Å². The number of hydrogen-bond acceptors (Lipinski definition) is 9. The Kier molecular flexibility index (Phi) is 5.70. The van der Waals surface area contributed by atoms with E-state index >= 15 is 0 Å². The number of oxime groups is 1. The first kappa shape index (κ1) is 19.9. The third-order valence-electron chi connectivity index (χ3n) is 4.09. The minimum Gasteiger partial charge on any atom is -0.477 e. The summed E-state index contributed by atoms with van der Waals surface area (Å²) in [4.78, 5) is 46.8. The lowest BCUT2D eigenvalue weighted by Gasteiger charge is -2.49. The molecule has 1 aromatic heterocycles. The van der Waals surface area contributed by atoms with Gasteiger partial charge in [-0.05, 0) is 12.0 Å². The molecule has 1 unspecified atom stereocenters. The number of thioether (sulfide) groups is 1. The number of hydrogen-bond donors (Lipinski definition) is 3. The Morgan fingerprint density at radius 1 is 1.61 bits per heavy atom. The molecule has 10 nitrogen and oxygen atoms in total. The summed E-state index contributed by atoms with van der Waals surface area (Å²) in [5.74, 6) is -1.92. The summed E-state index contributed by atoms with van der Waals surface area (Å²) in [6, 6.07) is -0.879. The van der Waals surface area contributed by atoms with Crippen molar-refractivity contribution in [2.24, 2.45) is 5.16 Å². The minimum absolute atomic E-state index is 0.0443. The quantitative estimate of drug-likeness (QED) is 0.247. The van der Waals surface area contributed by atoms with Crippen molar-refractivity contribution in [2.45, 2.75) is 17.8 Å². The van der Waals surface area contributed by atoms with E-state index in [2.05, 4.69) is 22.0 Å². The Morgan fingerprint density at radius 2 is 2.36 bits per heavy atom. The third-order valence-corrected chi connectivity index (χ3v) is 6.10. The number of nitrogens with two attached hydrogens (primary N) is 1. The molecule has 3 rings (SSSR count). The second kappa shape index (κ2) is 8.02. The fourth-order valence-electron chi connectivity index (χ4n) is 2.92. The van der Waals surface area contributed by atoms with Crippen LogP contribution in [-0.2, 0) is 19.2 Å². The van der Waals surface area contributed by atoms with Gasteiger partial charge in [0.25, 0.3) is 11.8 Å². The van der Waals surface area contributed by atoms with Crippen molar-refractivity contribution in [3.63, 3.8) is 0 Å². The van der Waals surface area contributed by atoms with Gasteiger partial charge in [0.1, 0.15) is 29.9 Å². The smallest absolute Gasteiger partial charge is 0.352 e. The van der Waals surface area contributed by atoms with Crippen LogP contribution < -0.4 is 11.1 Å². The summed E-state index contributed by atoms with van der Waals surface area (Å²) in [7, 11) is 1.28. The monoisotopic (exact) mass is 423 g/mol. The van der Waals surface area contributed by atoms with E-state index in [0.29, 0.717) is 17.7 Å². The topological polar surface area (TPSA) is 147 Å². The lowest BCUT2D eigenvalue weighted by molar-refractivity contribution is -0.150. The van der Waals surface area contributed by atoms with Crippen LogP contribution >= 0.6 is 23.1 Å². The molecular weight excluding hydrogens is 406 g/mol. The highest BCUT2D eigenvalue weighted by molar-refractivity contribution is 8.00. The molecule has 4 N–H and O–H groups in total. The number of anilines is 1. The number of thiazole rings is 1. The van der Waals surface area contributed by atoms with E-state index < -0.39 is 29.2 Å². The van der Waals surface area contributed by atoms with Gasteiger partial charge < -0.3 is 21.0 Å². The number of allylic oxidation sites excluding steroid dienone is 1. The van der Waals surface area contributed by atoms with E-state index in [9.17, 15) is 19.5 Å². The molecule has 28 heavy (non-hydrogen) atoms. The Morgan fingerprint density at radius 3 is 2.93 bits per heavy atom. The van der Waals surface area contributed by atoms with Gasteiger partial charge in [0, 0.05) is 11.1 Å². The average Bonchev–Trinajstić information content (AvgIpc) is 3.09. The largest absolute Gasteiger partial charge is 0.477 e. The molecule has 0 saturated carbocycles. The third kappa shape index (κ3) is 3.47. The summed E-state index contributed by atoms with van der Waals surface area (Å²) >= 11 is 2.51. The van der Waals surface area contributed by atoms with Crippen LogP contribution in [0.4, 0.5) is 5.13 Å². The SMILES string of the molecule is C=CCC1=C(C(=O)O)N2C(=O)C(NC(=O)C(=NOC)c3csc(N)n3)[C@@H]2SC1. The molecule has 2 atom stereocenters. The average molecular weight is 423 g/mol. The van der Waals surface area contributed by atoms with E-state index in [1.54, 1.807) is 11.5 Å². The van der Waals surface area contributed by atoms with E-state index in [1.165, 1.54) is 23.8 Å². The molecule has 2 aliphatic rings. The Hall–Kier alpha value is -2.86. The highest BCUT2D eigenvalue weighted by Gasteiger charge is 2.54. The number of nitrogen functional groups attached to an aromatic ring is 1. The lowest BCUT2D eigenvalue weighted by Crippen LogP contribution is -2.71. The lowest BCUT2D eigenvalue weighted by atomic mass is 10.0. The molecule has 1 saturated heterocycles. The van der Waals surface area contributed by atoms with E-state index in [0.717, 1.165) is 11.3 Å². The Labute approximate surface area is 168 Å². The zero-order chi connectivity index (χ0) is 20.4. The zero-order valence-corrected chi connectivity index (χ0v) is 16.4. The molecule has 12 heteroatoms. The van der Waals surface area contributed by atoms with Crippen molar-refractivity contribution in [3.8, 4) is 0 Å². The fourth-order valence-corrected chi connectivity index (χ4v) is 4.83. The van der Waals surface area contributed by atoms with Crippen molar-refractivity contribution in [1.82, 2.24) is 15.2 Å². The Balaban J connectivity index is 1.79. The molecule has 3 heterocycles. The van der Waals surface area contributed by atoms with Gasteiger partial charge in [-0.2, -0.15) is 0 Å². The first-order valence-corrected chi connectivity index (χ1v) is 9.96. The number of carbonyl (C=O) groups is 3. The van der Waals surface area contributed by atoms with Crippen LogP contribution in [0.25, 0.3) is 0 Å². The maximum Gasteiger partial charge on any atom is 0.352 e. The first-order valence-electron chi connectivity index (χ1n) is 8.03. The number of nitrogens with zero attached hydrogens (tertiary/aromatic N) is 3. The number of carboxylic acids is 1. The number of carbonyl (C=O) groups excluding carboxylic acids is 2. The molecule has 0 bridgehead atoms. The molecule has 2 amide bonds. The van der Waals surface area contributed by atoms with Crippen LogP contribution in [0.2, 0.25) is 0 Å². The second-order valence-corrected chi connectivity index (χ2v) is 7.80. The number of amides is 2. The van der Waals surface area contributed by atoms with Gasteiger partial charge in [0.15, 0.2) is 10.8 Å². The molecule has 0 aromatic carbocycles. The number of fused-ring (bicyclic) bond motifs is 1. The van der Waals surface area contributed by atoms with Crippen LogP contribution in [0.1, 0.15) is 12.1 Å². The molecule has 0 radical (unpaired) electrons. The summed E-state index contributed by atoms with van der Waals surface area (Å²) < 4.78 is 0. The van der Waals surface area contributed by atoms with Gasteiger partial charge in [-0.15, -0.1) is 29.7 Å². The maximum atomic E-state index is 12.6. The molecule has 1 aromatic rings. The normalized spacial score (nSPS) is 21.7. The highest BCUT2D eigenvalue weighted by atomic mass is 32.2. The summed E-state index contributed by atoms with van der Waals surface area (Å²) in [6.07, 6.45) is 1.97. The predicted molar refractivity (Wildman–Crippen MR) is 105 cm³/mol. The zero-order valence-electron chi connectivity index (χ0n) is 14.7. The van der Waals surface area contributed by atoms with Crippen molar-refractivity contribution in [3.05, 3.63) is 35.0 Å². The minimum atomic E-state index is -1.18. The van der Waals surface area contributed by atoms with Crippen LogP contribution in [0.3, 0.4) is 0 Å². The molecule has 1 fully saturated rings. The standard InChI is InChI=1S/C16H17N5O5S2/c1-3-4-7-5-27-14-10(13(23)21(14)11(7)15(24)25)19-12(22)9(20-26-2)8-6-28-16(17)18-8/h3,6,10,14H,1,4-5H2,2H3,(H2,17,18)(H,19,22)(H,24,25)/t10?,14-/m0/s1. The van der Waals surface area contributed by atoms with Gasteiger partial charge in [0.2, 0.25) is 0 Å². The van der Waals surface area contributed by atoms with Crippen molar-refractivity contribution >= 4 is 51.7 Å². The Bertz CT molecular complexity index is 909. The number of nitrogens with one attached hydrogen (secondary N) is 1. The van der Waals surface area contributed by atoms with Crippen molar-refractivity contribution in [1.29, 1.82) is 0 Å². The number of aromatic nitrogens is 1. The molecule has 0 spiro atoms. The summed E-state index contributed by atoms with van der Waals surface area (Å²) in [6.45, 7) is 3.62. The van der Waals surface area contributed by atoms with Gasteiger partial charge in [-0.3, -0.25) is 14.5 Å². The maximum absolute atomic E-state index is 12.6. The van der Waals surface area contributed by atoms with E-state index in [1.807, 2.05) is 0 Å². The number of β-lactam (4-membered cyclic amide) rings is 1. The van der Waals surface area contributed by atoms with Gasteiger partial charge >= 0.3 is 5.97 Å². The molecule has 148 valence electrons. The van der Waals surface area contributed by atoms with Crippen molar-refractivity contribution < 1.29 is 24.3 Å². The van der Waals surface area contributed by atoms with Gasteiger partial charge in [0.05, 0.1) is 0 Å². The molecule has 0 aliphatic carbocycles. The van der Waals surface area contributed by atoms with Gasteiger partial charge in [-0.25, -0.2) is 9.78 Å².